The first-order chi connectivity index (χ1) is 17.5. The van der Waals surface area contributed by atoms with Crippen LogP contribution in [0.2, 0.25) is 0 Å². The van der Waals surface area contributed by atoms with Gasteiger partial charge in [0.2, 0.25) is 0 Å². The number of phenolic OH excluding ortho intramolecular Hbond substituents is 1. The average molecular weight is 498 g/mol. The maximum absolute atomic E-state index is 13.4. The molecule has 0 unspecified atom stereocenters. The fraction of sp³-hybridized carbons (Fsp3) is 0.222. The minimum atomic E-state index is -3.83. The van der Waals surface area contributed by atoms with Crippen LogP contribution in [0.3, 0.4) is 0 Å². The number of aromatic nitrogens is 4. The number of pyridine rings is 1. The molecule has 5 aromatic rings. The molecule has 0 atom stereocenters. The predicted molar refractivity (Wildman–Crippen MR) is 136 cm³/mol. The highest BCUT2D eigenvalue weighted by molar-refractivity contribution is 7.90. The Labute approximate surface area is 208 Å². The van der Waals surface area contributed by atoms with Crippen molar-refractivity contribution >= 4 is 32.1 Å². The molecular formula is C27H23N5O3S. The van der Waals surface area contributed by atoms with Crippen LogP contribution in [0.4, 0.5) is 0 Å². The van der Waals surface area contributed by atoms with Gasteiger partial charge in [0, 0.05) is 29.1 Å². The highest BCUT2D eigenvalue weighted by atomic mass is 32.2. The first-order valence-corrected chi connectivity index (χ1v) is 13.3. The number of fused-ring (bicyclic) bond motifs is 3. The standard InChI is InChI=1S/C27H23N5O3S/c28-16-18-9-11-20(12-10-18)32-25-23-13-14-31(36(34,35)22-7-2-1-3-8-22)27(23)29-17-24(25)30-26(32)19-5-4-6-21(33)15-19/h1-8,13-15,17-18,20,33H,9-12H2. The second-order valence-corrected chi connectivity index (χ2v) is 11.0. The lowest BCUT2D eigenvalue weighted by molar-refractivity contribution is 0.320. The third-order valence-corrected chi connectivity index (χ3v) is 8.66. The van der Waals surface area contributed by atoms with E-state index in [0.717, 1.165) is 36.8 Å². The Hall–Kier alpha value is -4.16. The molecule has 0 aliphatic heterocycles. The lowest BCUT2D eigenvalue weighted by Gasteiger charge is -2.28. The number of imidazole rings is 1. The van der Waals surface area contributed by atoms with Gasteiger partial charge in [0.15, 0.2) is 5.65 Å². The monoisotopic (exact) mass is 497 g/mol. The van der Waals surface area contributed by atoms with E-state index in [1.165, 1.54) is 10.2 Å². The van der Waals surface area contributed by atoms with Crippen molar-refractivity contribution in [3.05, 3.63) is 73.1 Å². The SMILES string of the molecule is N#CC1CCC(n2c(-c3cccc(O)c3)nc3cnc4c(ccn4S(=O)(=O)c4ccccc4)c32)CC1. The van der Waals surface area contributed by atoms with Gasteiger partial charge in [-0.3, -0.25) is 0 Å². The molecule has 1 saturated carbocycles. The van der Waals surface area contributed by atoms with Crippen molar-refractivity contribution < 1.29 is 13.5 Å². The molecule has 0 amide bonds. The highest BCUT2D eigenvalue weighted by Crippen LogP contribution is 2.40. The fourth-order valence-electron chi connectivity index (χ4n) is 5.21. The van der Waals surface area contributed by atoms with E-state index in [1.807, 2.05) is 6.07 Å². The molecule has 1 aliphatic carbocycles. The van der Waals surface area contributed by atoms with Gasteiger partial charge < -0.3 is 9.67 Å². The van der Waals surface area contributed by atoms with Gasteiger partial charge in [0.05, 0.1) is 22.7 Å². The number of hydrogen-bond acceptors (Lipinski definition) is 6. The van der Waals surface area contributed by atoms with Gasteiger partial charge in [0.1, 0.15) is 17.1 Å². The molecule has 6 rings (SSSR count). The largest absolute Gasteiger partial charge is 0.508 e. The van der Waals surface area contributed by atoms with Gasteiger partial charge in [0.25, 0.3) is 10.0 Å². The molecule has 36 heavy (non-hydrogen) atoms. The number of nitriles is 1. The second-order valence-electron chi connectivity index (χ2n) is 9.15. The van der Waals surface area contributed by atoms with E-state index in [-0.39, 0.29) is 22.6 Å². The maximum Gasteiger partial charge on any atom is 0.269 e. The summed E-state index contributed by atoms with van der Waals surface area (Å²) in [5, 5.41) is 20.2. The molecule has 1 aliphatic rings. The van der Waals surface area contributed by atoms with Gasteiger partial charge in [-0.2, -0.15) is 5.26 Å². The fourth-order valence-corrected chi connectivity index (χ4v) is 6.54. The van der Waals surface area contributed by atoms with Crippen LogP contribution in [-0.2, 0) is 10.0 Å². The summed E-state index contributed by atoms with van der Waals surface area (Å²) in [6.07, 6.45) is 6.34. The summed E-state index contributed by atoms with van der Waals surface area (Å²) < 4.78 is 30.2. The van der Waals surface area contributed by atoms with E-state index < -0.39 is 10.0 Å². The minimum absolute atomic E-state index is 0.0408. The second kappa shape index (κ2) is 8.50. The molecule has 9 heteroatoms. The molecule has 0 spiro atoms. The summed E-state index contributed by atoms with van der Waals surface area (Å²) in [5.41, 5.74) is 2.55. The number of nitrogens with zero attached hydrogens (tertiary/aromatic N) is 5. The van der Waals surface area contributed by atoms with Crippen molar-refractivity contribution in [2.24, 2.45) is 5.92 Å². The topological polar surface area (TPSA) is 114 Å². The summed E-state index contributed by atoms with van der Waals surface area (Å²) in [4.78, 5) is 9.58. The molecular weight excluding hydrogens is 474 g/mol. The van der Waals surface area contributed by atoms with Crippen molar-refractivity contribution in [1.82, 2.24) is 18.5 Å². The number of aromatic hydroxyl groups is 1. The van der Waals surface area contributed by atoms with Crippen molar-refractivity contribution in [2.45, 2.75) is 36.6 Å². The van der Waals surface area contributed by atoms with Crippen LogP contribution >= 0.6 is 0 Å². The lowest BCUT2D eigenvalue weighted by Crippen LogP contribution is -2.18. The van der Waals surface area contributed by atoms with Crippen molar-refractivity contribution in [3.63, 3.8) is 0 Å². The number of benzene rings is 2. The molecule has 0 bridgehead atoms. The third kappa shape index (κ3) is 3.53. The smallest absolute Gasteiger partial charge is 0.269 e. The third-order valence-electron chi connectivity index (χ3n) is 6.98. The number of phenols is 1. The van der Waals surface area contributed by atoms with Crippen molar-refractivity contribution in [1.29, 1.82) is 5.26 Å². The quantitative estimate of drug-likeness (QED) is 0.363. The highest BCUT2D eigenvalue weighted by Gasteiger charge is 2.29. The molecule has 180 valence electrons. The first-order valence-electron chi connectivity index (χ1n) is 11.8. The Kier molecular flexibility index (Phi) is 5.27. The number of hydrogen-bond donors (Lipinski definition) is 1. The van der Waals surface area contributed by atoms with E-state index in [4.69, 9.17) is 4.98 Å². The first kappa shape index (κ1) is 22.3. The van der Waals surface area contributed by atoms with Crippen LogP contribution in [0, 0.1) is 17.2 Å². The van der Waals surface area contributed by atoms with E-state index in [2.05, 4.69) is 15.6 Å². The summed E-state index contributed by atoms with van der Waals surface area (Å²) in [6, 6.07) is 19.5. The summed E-state index contributed by atoms with van der Waals surface area (Å²) in [5.74, 6) is 0.871. The average Bonchev–Trinajstić information content (AvgIpc) is 3.51. The Balaban J connectivity index is 1.59. The summed E-state index contributed by atoms with van der Waals surface area (Å²) >= 11 is 0. The Morgan fingerprint density at radius 1 is 1.00 bits per heavy atom. The molecule has 3 heterocycles. The van der Waals surface area contributed by atoms with E-state index in [9.17, 15) is 18.8 Å². The van der Waals surface area contributed by atoms with Crippen LogP contribution in [0.15, 0.2) is 78.0 Å². The van der Waals surface area contributed by atoms with E-state index in [0.29, 0.717) is 22.4 Å². The molecule has 0 radical (unpaired) electrons. The lowest BCUT2D eigenvalue weighted by atomic mass is 9.86. The van der Waals surface area contributed by atoms with Crippen LogP contribution in [0.1, 0.15) is 31.7 Å². The van der Waals surface area contributed by atoms with Crippen molar-refractivity contribution in [2.75, 3.05) is 0 Å². The maximum atomic E-state index is 13.4. The zero-order chi connectivity index (χ0) is 24.9. The van der Waals surface area contributed by atoms with Crippen molar-refractivity contribution in [3.8, 4) is 23.2 Å². The molecule has 1 fully saturated rings. The Bertz CT molecular complexity index is 1740. The molecule has 8 nitrogen and oxygen atoms in total. The minimum Gasteiger partial charge on any atom is -0.508 e. The van der Waals surface area contributed by atoms with Gasteiger partial charge in [-0.25, -0.2) is 22.4 Å². The Morgan fingerprint density at radius 2 is 1.78 bits per heavy atom. The van der Waals surface area contributed by atoms with Gasteiger partial charge in [-0.15, -0.1) is 0 Å². The van der Waals surface area contributed by atoms with Gasteiger partial charge >= 0.3 is 0 Å². The molecule has 0 saturated heterocycles. The predicted octanol–water partition coefficient (Wildman–Crippen LogP) is 5.25. The van der Waals surface area contributed by atoms with Crippen LogP contribution in [-0.4, -0.2) is 32.0 Å². The summed E-state index contributed by atoms with van der Waals surface area (Å²) in [6.45, 7) is 0. The van der Waals surface area contributed by atoms with Crippen LogP contribution in [0.5, 0.6) is 5.75 Å². The molecule has 1 N–H and O–H groups in total. The summed E-state index contributed by atoms with van der Waals surface area (Å²) in [7, 11) is -3.83. The van der Waals surface area contributed by atoms with E-state index in [1.54, 1.807) is 60.8 Å². The zero-order valence-corrected chi connectivity index (χ0v) is 20.1. The van der Waals surface area contributed by atoms with Crippen LogP contribution < -0.4 is 0 Å². The van der Waals surface area contributed by atoms with E-state index >= 15 is 0 Å². The zero-order valence-electron chi connectivity index (χ0n) is 19.3. The molecule has 2 aromatic carbocycles. The number of rotatable bonds is 4. The normalized spacial score (nSPS) is 18.4. The Morgan fingerprint density at radius 3 is 2.50 bits per heavy atom. The van der Waals surface area contributed by atoms with Gasteiger partial charge in [-0.1, -0.05) is 30.3 Å². The van der Waals surface area contributed by atoms with Crippen LogP contribution in [0.25, 0.3) is 33.5 Å². The molecule has 3 aromatic heterocycles. The van der Waals surface area contributed by atoms with Gasteiger partial charge in [-0.05, 0) is 56.0 Å².